The Labute approximate surface area is 92.1 Å². The predicted molar refractivity (Wildman–Crippen MR) is 56.0 cm³/mol. The molecule has 2 rings (SSSR count). The van der Waals surface area contributed by atoms with Gasteiger partial charge in [0.25, 0.3) is 0 Å². The van der Waals surface area contributed by atoms with Crippen LogP contribution in [0.3, 0.4) is 0 Å². The molecule has 0 aliphatic heterocycles. The molecule has 0 saturated heterocycles. The first-order valence-electron chi connectivity index (χ1n) is 4.52. The van der Waals surface area contributed by atoms with E-state index in [0.717, 1.165) is 17.2 Å². The molecular formula is C9H10ClN5. The fourth-order valence-corrected chi connectivity index (χ4v) is 1.19. The number of halogens is 1. The van der Waals surface area contributed by atoms with E-state index in [1.165, 1.54) is 0 Å². The molecule has 2 heterocycles. The van der Waals surface area contributed by atoms with E-state index in [4.69, 9.17) is 11.6 Å². The fourth-order valence-electron chi connectivity index (χ4n) is 1.09. The number of hydrogen-bond donors (Lipinski definition) is 0. The lowest BCUT2D eigenvalue weighted by Crippen LogP contribution is -1.98. The van der Waals surface area contributed by atoms with Crippen LogP contribution < -0.4 is 0 Å². The van der Waals surface area contributed by atoms with Crippen molar-refractivity contribution in [2.75, 3.05) is 0 Å². The topological polar surface area (TPSA) is 56.5 Å². The molecule has 1 atom stereocenters. The molecule has 0 aliphatic rings. The second-order valence-corrected chi connectivity index (χ2v) is 3.85. The Kier molecular flexibility index (Phi) is 2.64. The first-order chi connectivity index (χ1) is 7.16. The van der Waals surface area contributed by atoms with Crippen molar-refractivity contribution >= 4 is 11.6 Å². The van der Waals surface area contributed by atoms with Gasteiger partial charge in [0.2, 0.25) is 0 Å². The van der Waals surface area contributed by atoms with Crippen LogP contribution in [0.15, 0.2) is 18.6 Å². The highest BCUT2D eigenvalue weighted by Gasteiger charge is 2.07. The monoisotopic (exact) mass is 223 g/mol. The number of aromatic nitrogens is 5. The molecule has 0 amide bonds. The second-order valence-electron chi connectivity index (χ2n) is 3.19. The molecule has 1 unspecified atom stereocenters. The molecule has 6 heteroatoms. The van der Waals surface area contributed by atoms with E-state index in [1.54, 1.807) is 23.3 Å². The smallest absolute Gasteiger partial charge is 0.125 e. The van der Waals surface area contributed by atoms with Crippen molar-refractivity contribution in [3.05, 3.63) is 30.1 Å². The molecule has 0 N–H and O–H groups in total. The molecule has 0 spiro atoms. The molecule has 0 aliphatic carbocycles. The van der Waals surface area contributed by atoms with Crippen LogP contribution in [-0.4, -0.2) is 25.0 Å². The SMILES string of the molecule is Cc1ncc(-n2cc(C(C)Cl)nn2)cn1. The average molecular weight is 224 g/mol. The van der Waals surface area contributed by atoms with Crippen molar-refractivity contribution in [2.45, 2.75) is 19.2 Å². The zero-order chi connectivity index (χ0) is 10.8. The van der Waals surface area contributed by atoms with E-state index >= 15 is 0 Å². The summed E-state index contributed by atoms with van der Waals surface area (Å²) in [6.45, 7) is 3.68. The van der Waals surface area contributed by atoms with Crippen LogP contribution in [0.4, 0.5) is 0 Å². The van der Waals surface area contributed by atoms with Crippen molar-refractivity contribution in [1.82, 2.24) is 25.0 Å². The molecule has 0 bridgehead atoms. The normalized spacial score (nSPS) is 12.7. The number of aryl methyl sites for hydroxylation is 1. The van der Waals surface area contributed by atoms with Gasteiger partial charge in [-0.05, 0) is 13.8 Å². The minimum absolute atomic E-state index is 0.148. The van der Waals surface area contributed by atoms with Gasteiger partial charge < -0.3 is 0 Å². The maximum absolute atomic E-state index is 5.88. The first-order valence-corrected chi connectivity index (χ1v) is 4.96. The lowest BCUT2D eigenvalue weighted by atomic mass is 10.4. The van der Waals surface area contributed by atoms with Gasteiger partial charge in [-0.15, -0.1) is 16.7 Å². The van der Waals surface area contributed by atoms with Crippen molar-refractivity contribution < 1.29 is 0 Å². The van der Waals surface area contributed by atoms with Crippen LogP contribution in [0.1, 0.15) is 23.8 Å². The predicted octanol–water partition coefficient (Wildman–Crippen LogP) is 1.67. The molecule has 5 nitrogen and oxygen atoms in total. The van der Waals surface area contributed by atoms with Gasteiger partial charge in [0, 0.05) is 0 Å². The van der Waals surface area contributed by atoms with E-state index in [-0.39, 0.29) is 5.38 Å². The summed E-state index contributed by atoms with van der Waals surface area (Å²) in [5.74, 6) is 0.727. The van der Waals surface area contributed by atoms with Crippen molar-refractivity contribution in [2.24, 2.45) is 0 Å². The average Bonchev–Trinajstić information content (AvgIpc) is 2.68. The van der Waals surface area contributed by atoms with Crippen LogP contribution in [0, 0.1) is 6.92 Å². The highest BCUT2D eigenvalue weighted by Crippen LogP contribution is 2.16. The largest absolute Gasteiger partial charge is 0.239 e. The van der Waals surface area contributed by atoms with E-state index in [0.29, 0.717) is 0 Å². The van der Waals surface area contributed by atoms with Crippen LogP contribution in [0.25, 0.3) is 5.69 Å². The molecule has 0 radical (unpaired) electrons. The van der Waals surface area contributed by atoms with Crippen LogP contribution >= 0.6 is 11.6 Å². The minimum Gasteiger partial charge on any atom is -0.239 e. The maximum atomic E-state index is 5.88. The summed E-state index contributed by atoms with van der Waals surface area (Å²) in [7, 11) is 0. The van der Waals surface area contributed by atoms with Gasteiger partial charge in [-0.2, -0.15) is 0 Å². The molecule has 0 saturated carbocycles. The van der Waals surface area contributed by atoms with Gasteiger partial charge in [-0.25, -0.2) is 14.6 Å². The Morgan fingerprint density at radius 2 is 2.00 bits per heavy atom. The zero-order valence-electron chi connectivity index (χ0n) is 8.42. The standard InChI is InChI=1S/C9H10ClN5/c1-6(10)9-5-15(14-13-9)8-3-11-7(2)12-4-8/h3-6H,1-2H3. The Morgan fingerprint density at radius 1 is 1.33 bits per heavy atom. The summed E-state index contributed by atoms with van der Waals surface area (Å²) < 4.78 is 1.60. The quantitative estimate of drug-likeness (QED) is 0.727. The third-order valence-electron chi connectivity index (χ3n) is 1.95. The van der Waals surface area contributed by atoms with E-state index < -0.39 is 0 Å². The van der Waals surface area contributed by atoms with E-state index in [2.05, 4.69) is 20.3 Å². The van der Waals surface area contributed by atoms with Gasteiger partial charge in [0.1, 0.15) is 17.2 Å². The molecular weight excluding hydrogens is 214 g/mol. The van der Waals surface area contributed by atoms with Crippen molar-refractivity contribution in [1.29, 1.82) is 0 Å². The van der Waals surface area contributed by atoms with Crippen LogP contribution in [-0.2, 0) is 0 Å². The lowest BCUT2D eigenvalue weighted by Gasteiger charge is -1.98. The van der Waals surface area contributed by atoms with E-state index in [9.17, 15) is 0 Å². The summed E-state index contributed by atoms with van der Waals surface area (Å²) in [4.78, 5) is 8.15. The maximum Gasteiger partial charge on any atom is 0.125 e. The van der Waals surface area contributed by atoms with Gasteiger partial charge in [0.15, 0.2) is 0 Å². The van der Waals surface area contributed by atoms with Gasteiger partial charge in [0.05, 0.1) is 24.0 Å². The molecule has 0 fully saturated rings. The van der Waals surface area contributed by atoms with Gasteiger partial charge >= 0.3 is 0 Å². The Hall–Kier alpha value is -1.49. The molecule has 78 valence electrons. The Morgan fingerprint density at radius 3 is 2.53 bits per heavy atom. The molecule has 0 aromatic carbocycles. The minimum atomic E-state index is -0.148. The van der Waals surface area contributed by atoms with Crippen LogP contribution in [0.5, 0.6) is 0 Å². The Balaban J connectivity index is 2.33. The summed E-state index contributed by atoms with van der Waals surface area (Å²) in [5.41, 5.74) is 1.51. The van der Waals surface area contributed by atoms with Gasteiger partial charge in [-0.1, -0.05) is 5.21 Å². The van der Waals surface area contributed by atoms with Crippen LogP contribution in [0.2, 0.25) is 0 Å². The number of rotatable bonds is 2. The summed E-state index contributed by atoms with van der Waals surface area (Å²) in [5, 5.41) is 7.73. The third kappa shape index (κ3) is 2.12. The molecule has 2 aromatic heterocycles. The number of alkyl halides is 1. The summed E-state index contributed by atoms with van der Waals surface area (Å²) >= 11 is 5.88. The lowest BCUT2D eigenvalue weighted by molar-refractivity contribution is 0.786. The number of hydrogen-bond acceptors (Lipinski definition) is 4. The van der Waals surface area contributed by atoms with E-state index in [1.807, 2.05) is 13.8 Å². The van der Waals surface area contributed by atoms with Crippen molar-refractivity contribution in [3.63, 3.8) is 0 Å². The third-order valence-corrected chi connectivity index (χ3v) is 2.17. The number of nitrogens with zero attached hydrogens (tertiary/aromatic N) is 5. The summed E-state index contributed by atoms with van der Waals surface area (Å²) in [6, 6.07) is 0. The molecule has 15 heavy (non-hydrogen) atoms. The fraction of sp³-hybridized carbons (Fsp3) is 0.333. The zero-order valence-corrected chi connectivity index (χ0v) is 9.18. The van der Waals surface area contributed by atoms with Gasteiger partial charge in [-0.3, -0.25) is 0 Å². The first kappa shape index (κ1) is 10.0. The Bertz CT molecular complexity index is 448. The summed E-state index contributed by atoms with van der Waals surface area (Å²) in [6.07, 6.45) is 5.16. The van der Waals surface area contributed by atoms with Crippen molar-refractivity contribution in [3.8, 4) is 5.69 Å². The highest BCUT2D eigenvalue weighted by molar-refractivity contribution is 6.20. The second kappa shape index (κ2) is 3.94. The molecule has 2 aromatic rings. The highest BCUT2D eigenvalue weighted by atomic mass is 35.5.